The van der Waals surface area contributed by atoms with E-state index >= 15 is 0 Å². The number of halogens is 1. The van der Waals surface area contributed by atoms with Crippen molar-refractivity contribution in [2.45, 2.75) is 19.4 Å². The normalized spacial score (nSPS) is 12.6. The Hall–Kier alpha value is -1.27. The van der Waals surface area contributed by atoms with E-state index < -0.39 is 0 Å². The van der Waals surface area contributed by atoms with E-state index in [2.05, 4.69) is 0 Å². The molecule has 2 rings (SSSR count). The number of carbonyl (C=O) groups excluding carboxylic acids is 1. The summed E-state index contributed by atoms with van der Waals surface area (Å²) in [5.74, 6) is 0.482. The molecule has 6 heteroatoms. The van der Waals surface area contributed by atoms with E-state index in [0.717, 1.165) is 12.2 Å². The van der Waals surface area contributed by atoms with Gasteiger partial charge in [-0.25, -0.2) is 4.39 Å². The molecule has 0 bridgehead atoms. The molecule has 0 aliphatic rings. The molecule has 21 heavy (non-hydrogen) atoms. The molecule has 0 radical (unpaired) electrons. The molecule has 1 amide bonds. The Morgan fingerprint density at radius 1 is 1.52 bits per heavy atom. The maximum absolute atomic E-state index is 13.8. The molecule has 114 valence electrons. The number of nitrogens with two attached hydrogens (primary N) is 1. The van der Waals surface area contributed by atoms with Gasteiger partial charge in [0.2, 0.25) is 0 Å². The number of hydrogen-bond acceptors (Lipinski definition) is 4. The zero-order chi connectivity index (χ0) is 15.6. The van der Waals surface area contributed by atoms with Crippen LogP contribution in [0.15, 0.2) is 18.2 Å². The number of benzene rings is 1. The summed E-state index contributed by atoms with van der Waals surface area (Å²) in [6.07, 6.45) is 2.96. The van der Waals surface area contributed by atoms with Crippen LogP contribution in [0.5, 0.6) is 0 Å². The lowest BCUT2D eigenvalue weighted by Crippen LogP contribution is -2.35. The zero-order valence-corrected chi connectivity index (χ0v) is 14.0. The molecular weight excluding hydrogens is 307 g/mol. The van der Waals surface area contributed by atoms with Crippen molar-refractivity contribution in [1.82, 2.24) is 4.90 Å². The Kier molecular flexibility index (Phi) is 5.11. The van der Waals surface area contributed by atoms with Gasteiger partial charge in [-0.3, -0.25) is 4.79 Å². The number of hydrogen-bond donors (Lipinski definition) is 1. The van der Waals surface area contributed by atoms with Crippen molar-refractivity contribution >= 4 is 44.8 Å². The van der Waals surface area contributed by atoms with Gasteiger partial charge >= 0.3 is 0 Å². The Labute approximate surface area is 132 Å². The van der Waals surface area contributed by atoms with E-state index in [0.29, 0.717) is 15.0 Å². The molecule has 0 saturated heterocycles. The molecule has 2 N–H and O–H groups in total. The summed E-state index contributed by atoms with van der Waals surface area (Å²) in [5, 5.41) is 0.357. The number of thioether (sulfide) groups is 1. The highest BCUT2D eigenvalue weighted by Gasteiger charge is 2.23. The molecule has 2 aromatic rings. The fraction of sp³-hybridized carbons (Fsp3) is 0.400. The number of anilines is 1. The van der Waals surface area contributed by atoms with Crippen molar-refractivity contribution in [3.63, 3.8) is 0 Å². The number of amides is 1. The molecule has 0 spiro atoms. The van der Waals surface area contributed by atoms with Crippen LogP contribution in [-0.4, -0.2) is 35.9 Å². The lowest BCUT2D eigenvalue weighted by Gasteiger charge is -2.24. The highest BCUT2D eigenvalue weighted by molar-refractivity contribution is 7.98. The van der Waals surface area contributed by atoms with Crippen LogP contribution >= 0.6 is 23.1 Å². The topological polar surface area (TPSA) is 46.3 Å². The third-order valence-corrected chi connectivity index (χ3v) is 5.42. The van der Waals surface area contributed by atoms with Crippen molar-refractivity contribution in [3.8, 4) is 0 Å². The zero-order valence-electron chi connectivity index (χ0n) is 12.4. The van der Waals surface area contributed by atoms with Gasteiger partial charge in [-0.1, -0.05) is 6.07 Å². The number of rotatable bonds is 5. The summed E-state index contributed by atoms with van der Waals surface area (Å²) >= 11 is 3.01. The van der Waals surface area contributed by atoms with Gasteiger partial charge in [-0.05, 0) is 37.5 Å². The first-order chi connectivity index (χ1) is 9.97. The van der Waals surface area contributed by atoms with Gasteiger partial charge in [-0.2, -0.15) is 11.8 Å². The SMILES string of the molecule is CSCCC(C)N(C)C(=O)c1sc2cccc(F)c2c1N. The highest BCUT2D eigenvalue weighted by atomic mass is 32.2. The maximum atomic E-state index is 13.8. The van der Waals surface area contributed by atoms with Crippen LogP contribution in [0.4, 0.5) is 10.1 Å². The Bertz CT molecular complexity index is 656. The van der Waals surface area contributed by atoms with Crippen molar-refractivity contribution < 1.29 is 9.18 Å². The molecule has 1 aromatic carbocycles. The third-order valence-electron chi connectivity index (χ3n) is 3.62. The van der Waals surface area contributed by atoms with E-state index in [1.54, 1.807) is 35.8 Å². The van der Waals surface area contributed by atoms with Gasteiger partial charge in [0.1, 0.15) is 10.7 Å². The van der Waals surface area contributed by atoms with Crippen molar-refractivity contribution in [1.29, 1.82) is 0 Å². The van der Waals surface area contributed by atoms with Gasteiger partial charge < -0.3 is 10.6 Å². The van der Waals surface area contributed by atoms with Crippen LogP contribution in [0.3, 0.4) is 0 Å². The minimum absolute atomic E-state index is 0.124. The number of fused-ring (bicyclic) bond motifs is 1. The molecule has 1 aromatic heterocycles. The second-order valence-electron chi connectivity index (χ2n) is 5.00. The van der Waals surface area contributed by atoms with Gasteiger partial charge in [0.05, 0.1) is 11.1 Å². The van der Waals surface area contributed by atoms with E-state index in [1.807, 2.05) is 13.2 Å². The van der Waals surface area contributed by atoms with Gasteiger partial charge in [-0.15, -0.1) is 11.3 Å². The highest BCUT2D eigenvalue weighted by Crippen LogP contribution is 2.36. The number of carbonyl (C=O) groups is 1. The third kappa shape index (κ3) is 3.16. The van der Waals surface area contributed by atoms with E-state index in [4.69, 9.17) is 5.73 Å². The Morgan fingerprint density at radius 3 is 2.86 bits per heavy atom. The summed E-state index contributed by atoms with van der Waals surface area (Å²) in [5.41, 5.74) is 6.25. The maximum Gasteiger partial charge on any atom is 0.266 e. The molecule has 3 nitrogen and oxygen atoms in total. The average Bonchev–Trinajstić information content (AvgIpc) is 2.81. The minimum Gasteiger partial charge on any atom is -0.397 e. The van der Waals surface area contributed by atoms with Gasteiger partial charge in [0.25, 0.3) is 5.91 Å². The summed E-state index contributed by atoms with van der Waals surface area (Å²) in [6, 6.07) is 4.91. The Morgan fingerprint density at radius 2 is 2.24 bits per heavy atom. The smallest absolute Gasteiger partial charge is 0.266 e. The quantitative estimate of drug-likeness (QED) is 0.908. The van der Waals surface area contributed by atoms with Crippen LogP contribution in [0, 0.1) is 5.82 Å². The molecule has 0 aliphatic carbocycles. The van der Waals surface area contributed by atoms with Crippen LogP contribution in [-0.2, 0) is 0 Å². The second kappa shape index (κ2) is 6.66. The second-order valence-corrected chi connectivity index (χ2v) is 7.04. The van der Waals surface area contributed by atoms with E-state index in [1.165, 1.54) is 17.4 Å². The van der Waals surface area contributed by atoms with E-state index in [-0.39, 0.29) is 23.5 Å². The van der Waals surface area contributed by atoms with Crippen molar-refractivity contribution in [2.75, 3.05) is 24.8 Å². The largest absolute Gasteiger partial charge is 0.397 e. The van der Waals surface area contributed by atoms with Gasteiger partial charge in [0.15, 0.2) is 0 Å². The summed E-state index contributed by atoms with van der Waals surface area (Å²) in [6.45, 7) is 2.01. The first kappa shape index (κ1) is 16.1. The molecule has 0 fully saturated rings. The lowest BCUT2D eigenvalue weighted by atomic mass is 10.2. The summed E-state index contributed by atoms with van der Waals surface area (Å²) in [4.78, 5) is 14.7. The minimum atomic E-state index is -0.376. The molecule has 1 heterocycles. The molecule has 0 aliphatic heterocycles. The van der Waals surface area contributed by atoms with Crippen molar-refractivity contribution in [2.24, 2.45) is 0 Å². The molecule has 1 unspecified atom stereocenters. The van der Waals surface area contributed by atoms with Crippen molar-refractivity contribution in [3.05, 3.63) is 28.9 Å². The average molecular weight is 326 g/mol. The summed E-state index contributed by atoms with van der Waals surface area (Å²) in [7, 11) is 1.77. The first-order valence-electron chi connectivity index (χ1n) is 6.70. The molecule has 1 atom stereocenters. The van der Waals surface area contributed by atoms with Crippen LogP contribution in [0.2, 0.25) is 0 Å². The van der Waals surface area contributed by atoms with Gasteiger partial charge in [0, 0.05) is 17.8 Å². The van der Waals surface area contributed by atoms with Crippen LogP contribution in [0.25, 0.3) is 10.1 Å². The summed E-state index contributed by atoms with van der Waals surface area (Å²) < 4.78 is 14.6. The lowest BCUT2D eigenvalue weighted by molar-refractivity contribution is 0.0747. The monoisotopic (exact) mass is 326 g/mol. The number of thiophene rings is 1. The van der Waals surface area contributed by atoms with Crippen LogP contribution < -0.4 is 5.73 Å². The van der Waals surface area contributed by atoms with E-state index in [9.17, 15) is 9.18 Å². The standard InChI is InChI=1S/C15H19FN2OS2/c1-9(7-8-20-3)18(2)15(19)14-13(17)12-10(16)5-4-6-11(12)21-14/h4-6,9H,7-8,17H2,1-3H3. The Balaban J connectivity index is 2.31. The molecular formula is C15H19FN2OS2. The molecule has 0 saturated carbocycles. The predicted molar refractivity (Wildman–Crippen MR) is 90.7 cm³/mol. The number of nitrogens with zero attached hydrogens (tertiary/aromatic N) is 1. The van der Waals surface area contributed by atoms with Crippen LogP contribution in [0.1, 0.15) is 23.0 Å². The number of nitrogen functional groups attached to an aromatic ring is 1. The fourth-order valence-corrected chi connectivity index (χ4v) is 3.83. The predicted octanol–water partition coefficient (Wildman–Crippen LogP) is 3.84. The first-order valence-corrected chi connectivity index (χ1v) is 8.91. The fourth-order valence-electron chi connectivity index (χ4n) is 2.13.